The van der Waals surface area contributed by atoms with Gasteiger partial charge in [0.25, 0.3) is 0 Å². The molecule has 0 spiro atoms. The minimum absolute atomic E-state index is 0. The molecule has 2 aromatic carbocycles. The number of benzene rings is 2. The van der Waals surface area contributed by atoms with E-state index in [1.807, 2.05) is 0 Å². The van der Waals surface area contributed by atoms with Crippen molar-refractivity contribution in [2.24, 2.45) is 0 Å². The molecule has 1 heterocycles. The molecule has 2 radical (unpaired) electrons. The summed E-state index contributed by atoms with van der Waals surface area (Å²) in [6.07, 6.45) is 28.0. The zero-order valence-electron chi connectivity index (χ0n) is 32.4. The van der Waals surface area contributed by atoms with Crippen molar-refractivity contribution in [1.29, 1.82) is 0 Å². The Morgan fingerprint density at radius 1 is 0.360 bits per heavy atom. The molecule has 0 aromatic heterocycles. The van der Waals surface area contributed by atoms with E-state index >= 15 is 0 Å². The van der Waals surface area contributed by atoms with E-state index in [1.54, 1.807) is 10.6 Å². The molecule has 282 valence electrons. The Balaban J connectivity index is 0.000000567. The van der Waals surface area contributed by atoms with Crippen LogP contribution in [0.3, 0.4) is 0 Å². The zero-order chi connectivity index (χ0) is 34.9. The molecule has 1 aliphatic heterocycles. The molecule has 0 N–H and O–H groups in total. The molecule has 2 aromatic rings. The monoisotopic (exact) mass is 956 g/mol. The maximum atomic E-state index is 5.85. The zero-order valence-corrected chi connectivity index (χ0v) is 41.7. The van der Waals surface area contributed by atoms with E-state index in [0.29, 0.717) is 0 Å². The Bertz CT molecular complexity index is 1130. The molecular weight excluding hydrogens is 889 g/mol. The summed E-state index contributed by atoms with van der Waals surface area (Å²) in [5.41, 5.74) is 0. The van der Waals surface area contributed by atoms with Crippen LogP contribution in [0.15, 0.2) is 109 Å². The standard InChI is InChI=1S/C24H42N2P2Si4.2C8H12.2Rh/c1-29(2)19-27(23-15-11-9-12-16-23)20-31(5,6)26-32(7,8)22-28(21-30(3,4)25-29)24-17-13-10-14-18-24;2*1-2-4-6-8-7-5-3-1;;/h9-18H,19-22H2,1-8H3;2*1-2,7-8H,3-6H2;;/q-2;;;;/p+2/b;2*2-1-,8-7-;;. The summed E-state index contributed by atoms with van der Waals surface area (Å²) < 4.78 is 11.7. The maximum absolute atomic E-state index is 5.85. The van der Waals surface area contributed by atoms with E-state index in [0.717, 1.165) is 0 Å². The average molecular weight is 957 g/mol. The summed E-state index contributed by atoms with van der Waals surface area (Å²) >= 11 is 0. The van der Waals surface area contributed by atoms with Crippen LogP contribution in [0.5, 0.6) is 0 Å². The molecule has 3 aliphatic rings. The Morgan fingerprint density at radius 3 is 0.760 bits per heavy atom. The van der Waals surface area contributed by atoms with Gasteiger partial charge in [0.15, 0.2) is 0 Å². The van der Waals surface area contributed by atoms with E-state index in [4.69, 9.17) is 9.30 Å². The third kappa shape index (κ3) is 20.7. The molecule has 2 nitrogen and oxygen atoms in total. The van der Waals surface area contributed by atoms with Gasteiger partial charge in [0.05, 0.1) is 10.6 Å². The largest absolute Gasteiger partial charge is 0.661 e. The second-order valence-corrected chi connectivity index (χ2v) is 41.8. The minimum Gasteiger partial charge on any atom is -0.661 e. The second kappa shape index (κ2) is 24.7. The first-order valence-electron chi connectivity index (χ1n) is 18.6. The fraction of sp³-hybridized carbons (Fsp3) is 0.500. The van der Waals surface area contributed by atoms with Crippen LogP contribution in [0.2, 0.25) is 52.4 Å². The van der Waals surface area contributed by atoms with Crippen LogP contribution in [-0.4, -0.2) is 56.1 Å². The number of hydrogen-bond acceptors (Lipinski definition) is 0. The van der Waals surface area contributed by atoms with Crippen LogP contribution in [0.1, 0.15) is 51.4 Å². The quantitative estimate of drug-likeness (QED) is 0.163. The molecule has 5 rings (SSSR count). The van der Waals surface area contributed by atoms with Gasteiger partial charge in [-0.2, -0.15) is 0 Å². The van der Waals surface area contributed by atoms with Crippen molar-refractivity contribution >= 4 is 59.4 Å². The van der Waals surface area contributed by atoms with Crippen LogP contribution < -0.4 is 10.6 Å². The summed E-state index contributed by atoms with van der Waals surface area (Å²) in [6, 6.07) is 22.9. The maximum Gasteiger partial charge on any atom is 0.0906 e. The SMILES string of the molecule is C1=C\CC/C=C\CC/1.C1=C\CC/C=C\CC/1.C[Si]1(C)C[PH+](c2ccccc2)C[Si](C)(C)[N-][Si](C)(C)C[PH+](c2ccccc2)C[Si](C)(C)[N-]1.[Rh].[Rh]. The predicted molar refractivity (Wildman–Crippen MR) is 238 cm³/mol. The van der Waals surface area contributed by atoms with E-state index in [2.05, 4.69) is 162 Å². The van der Waals surface area contributed by atoms with Gasteiger partial charge in [0, 0.05) is 77.9 Å². The van der Waals surface area contributed by atoms with Gasteiger partial charge in [-0.3, -0.25) is 0 Å². The number of nitrogens with zero attached hydrogens (tertiary/aromatic N) is 2. The first kappa shape index (κ1) is 48.3. The topological polar surface area (TPSA) is 28.2 Å². The van der Waals surface area contributed by atoms with Crippen molar-refractivity contribution in [2.45, 2.75) is 104 Å². The summed E-state index contributed by atoms with van der Waals surface area (Å²) in [5, 5.41) is 3.24. The van der Waals surface area contributed by atoms with Crippen molar-refractivity contribution in [3.63, 3.8) is 0 Å². The Kier molecular flexibility index (Phi) is 23.8. The fourth-order valence-electron chi connectivity index (χ4n) is 7.48. The first-order valence-corrected chi connectivity index (χ1v) is 35.1. The molecule has 1 fully saturated rings. The first-order chi connectivity index (χ1) is 22.8. The molecule has 10 heteroatoms. The predicted octanol–water partition coefficient (Wildman–Crippen LogP) is 12.1. The van der Waals surface area contributed by atoms with Gasteiger partial charge in [-0.25, -0.2) is 0 Å². The molecule has 0 bridgehead atoms. The normalized spacial score (nSPS) is 26.6. The third-order valence-corrected chi connectivity index (χ3v) is 41.5. The molecular formula is C40H68N2P2Rh2Si4. The number of rotatable bonds is 2. The molecule has 50 heavy (non-hydrogen) atoms. The van der Waals surface area contributed by atoms with Crippen LogP contribution >= 0.6 is 15.8 Å². The van der Waals surface area contributed by atoms with E-state index in [1.165, 1.54) is 74.5 Å². The van der Waals surface area contributed by atoms with E-state index < -0.39 is 48.8 Å². The van der Waals surface area contributed by atoms with Crippen molar-refractivity contribution in [3.05, 3.63) is 119 Å². The third-order valence-electron chi connectivity index (χ3n) is 8.83. The molecule has 1 saturated heterocycles. The fourth-order valence-corrected chi connectivity index (χ4v) is 49.3. The van der Waals surface area contributed by atoms with Gasteiger partial charge in [0.2, 0.25) is 0 Å². The Hall–Kier alpha value is 0.294. The van der Waals surface area contributed by atoms with Crippen molar-refractivity contribution in [2.75, 3.05) is 23.1 Å². The number of hydrogen-bond donors (Lipinski definition) is 0. The summed E-state index contributed by atoms with van der Waals surface area (Å²) in [6.45, 7) is 20.4. The molecule has 0 amide bonds. The van der Waals surface area contributed by atoms with Crippen LogP contribution in [0.4, 0.5) is 0 Å². The van der Waals surface area contributed by atoms with Gasteiger partial charge in [-0.05, 0) is 109 Å². The number of allylic oxidation sites excluding steroid dienone is 8. The second-order valence-electron chi connectivity index (χ2n) is 16.3. The summed E-state index contributed by atoms with van der Waals surface area (Å²) in [4.78, 5) is 0. The van der Waals surface area contributed by atoms with Gasteiger partial charge in [-0.15, -0.1) is 0 Å². The van der Waals surface area contributed by atoms with E-state index in [-0.39, 0.29) is 39.0 Å². The van der Waals surface area contributed by atoms with Gasteiger partial charge in [-0.1, -0.05) is 137 Å². The van der Waals surface area contributed by atoms with Crippen LogP contribution in [-0.2, 0) is 39.0 Å². The molecule has 0 unspecified atom stereocenters. The summed E-state index contributed by atoms with van der Waals surface area (Å²) in [5.74, 6) is 5.50. The van der Waals surface area contributed by atoms with E-state index in [9.17, 15) is 0 Å². The average Bonchev–Trinajstić information content (AvgIpc) is 2.95. The Morgan fingerprint density at radius 2 is 0.560 bits per heavy atom. The van der Waals surface area contributed by atoms with Crippen LogP contribution in [0.25, 0.3) is 9.30 Å². The van der Waals surface area contributed by atoms with Crippen molar-refractivity contribution in [3.8, 4) is 0 Å². The molecule has 0 saturated carbocycles. The van der Waals surface area contributed by atoms with Crippen LogP contribution in [0, 0.1) is 0 Å². The van der Waals surface area contributed by atoms with Gasteiger partial charge in [0.1, 0.15) is 0 Å². The Labute approximate surface area is 341 Å². The van der Waals surface area contributed by atoms with Crippen molar-refractivity contribution in [1.82, 2.24) is 0 Å². The summed E-state index contributed by atoms with van der Waals surface area (Å²) in [7, 11) is -7.82. The minimum atomic E-state index is -1.64. The molecule has 2 aliphatic carbocycles. The van der Waals surface area contributed by atoms with Crippen molar-refractivity contribution < 1.29 is 39.0 Å². The molecule has 0 atom stereocenters. The van der Waals surface area contributed by atoms with Gasteiger partial charge >= 0.3 is 0 Å². The smallest absolute Gasteiger partial charge is 0.0906 e. The van der Waals surface area contributed by atoms with Gasteiger partial charge < -0.3 is 9.30 Å².